The van der Waals surface area contributed by atoms with Gasteiger partial charge in [-0.25, -0.2) is 0 Å². The molecule has 2 aromatic rings. The fourth-order valence-corrected chi connectivity index (χ4v) is 3.19. The molecule has 6 heteroatoms. The number of hydrogen-bond acceptors (Lipinski definition) is 4. The Kier molecular flexibility index (Phi) is 6.09. The molecule has 1 saturated carbocycles. The highest BCUT2D eigenvalue weighted by atomic mass is 16.6. The Labute approximate surface area is 164 Å². The lowest BCUT2D eigenvalue weighted by Gasteiger charge is -2.28. The van der Waals surface area contributed by atoms with E-state index in [1.54, 1.807) is 25.3 Å². The van der Waals surface area contributed by atoms with Gasteiger partial charge in [0.05, 0.1) is 12.0 Å². The second-order valence-corrected chi connectivity index (χ2v) is 7.08. The number of nitro benzene ring substituents is 1. The van der Waals surface area contributed by atoms with Gasteiger partial charge in [-0.15, -0.1) is 0 Å². The van der Waals surface area contributed by atoms with Crippen LogP contribution in [0.25, 0.3) is 6.08 Å². The second-order valence-electron chi connectivity index (χ2n) is 7.08. The summed E-state index contributed by atoms with van der Waals surface area (Å²) in [6, 6.07) is 14.1. The number of non-ortho nitro benzene ring substituents is 1. The molecule has 3 rings (SSSR count). The molecule has 1 aliphatic rings. The van der Waals surface area contributed by atoms with Gasteiger partial charge in [-0.3, -0.25) is 14.9 Å². The monoisotopic (exact) mass is 380 g/mol. The van der Waals surface area contributed by atoms with Gasteiger partial charge in [0.15, 0.2) is 0 Å². The van der Waals surface area contributed by atoms with Gasteiger partial charge >= 0.3 is 0 Å². The van der Waals surface area contributed by atoms with E-state index in [-0.39, 0.29) is 17.6 Å². The SMILES string of the molecule is COc1ccc(CN(C(=O)/C=C/c2cccc([N+](=O)[O-])c2)[C@H](C)C2CC2)cc1. The molecule has 1 amide bonds. The summed E-state index contributed by atoms with van der Waals surface area (Å²) < 4.78 is 5.19. The fraction of sp³-hybridized carbons (Fsp3) is 0.318. The van der Waals surface area contributed by atoms with Crippen LogP contribution in [0.1, 0.15) is 30.9 Å². The van der Waals surface area contributed by atoms with Crippen molar-refractivity contribution in [3.8, 4) is 5.75 Å². The molecular weight excluding hydrogens is 356 g/mol. The number of rotatable bonds is 8. The Morgan fingerprint density at radius 3 is 2.61 bits per heavy atom. The van der Waals surface area contributed by atoms with Crippen LogP contribution in [0, 0.1) is 16.0 Å². The highest BCUT2D eigenvalue weighted by Gasteiger charge is 2.33. The normalized spacial score (nSPS) is 14.6. The molecule has 146 valence electrons. The van der Waals surface area contributed by atoms with E-state index in [9.17, 15) is 14.9 Å². The predicted molar refractivity (Wildman–Crippen MR) is 108 cm³/mol. The molecule has 0 unspecified atom stereocenters. The molecule has 0 saturated heterocycles. The summed E-state index contributed by atoms with van der Waals surface area (Å²) in [5.41, 5.74) is 1.67. The minimum atomic E-state index is -0.440. The quantitative estimate of drug-likeness (QED) is 0.385. The third-order valence-corrected chi connectivity index (χ3v) is 5.09. The zero-order valence-corrected chi connectivity index (χ0v) is 16.1. The Balaban J connectivity index is 1.76. The highest BCUT2D eigenvalue weighted by molar-refractivity contribution is 5.92. The van der Waals surface area contributed by atoms with E-state index in [0.717, 1.165) is 24.2 Å². The summed E-state index contributed by atoms with van der Waals surface area (Å²) in [5.74, 6) is 1.22. The van der Waals surface area contributed by atoms with Crippen LogP contribution < -0.4 is 4.74 Å². The largest absolute Gasteiger partial charge is 0.497 e. The first-order valence-corrected chi connectivity index (χ1v) is 9.34. The van der Waals surface area contributed by atoms with Crippen molar-refractivity contribution in [2.45, 2.75) is 32.4 Å². The van der Waals surface area contributed by atoms with Crippen LogP contribution in [-0.2, 0) is 11.3 Å². The summed E-state index contributed by atoms with van der Waals surface area (Å²) in [7, 11) is 1.62. The van der Waals surface area contributed by atoms with E-state index in [4.69, 9.17) is 4.74 Å². The van der Waals surface area contributed by atoms with Gasteiger partial charge in [-0.2, -0.15) is 0 Å². The van der Waals surface area contributed by atoms with Crippen LogP contribution in [0.4, 0.5) is 5.69 Å². The van der Waals surface area contributed by atoms with Gasteiger partial charge in [-0.05, 0) is 55.0 Å². The van der Waals surface area contributed by atoms with Crippen molar-refractivity contribution in [2.75, 3.05) is 7.11 Å². The van der Waals surface area contributed by atoms with Gasteiger partial charge in [0.25, 0.3) is 5.69 Å². The average molecular weight is 380 g/mol. The minimum absolute atomic E-state index is 0.0102. The lowest BCUT2D eigenvalue weighted by atomic mass is 10.1. The van der Waals surface area contributed by atoms with E-state index in [0.29, 0.717) is 18.0 Å². The maximum Gasteiger partial charge on any atom is 0.270 e. The average Bonchev–Trinajstić information content (AvgIpc) is 3.56. The number of carbonyl (C=O) groups excluding carboxylic acids is 1. The van der Waals surface area contributed by atoms with Gasteiger partial charge in [0.1, 0.15) is 5.75 Å². The van der Waals surface area contributed by atoms with Crippen molar-refractivity contribution in [3.63, 3.8) is 0 Å². The number of methoxy groups -OCH3 is 1. The first-order chi connectivity index (χ1) is 13.5. The summed E-state index contributed by atoms with van der Waals surface area (Å²) in [5, 5.41) is 10.9. The van der Waals surface area contributed by atoms with Gasteiger partial charge < -0.3 is 9.64 Å². The lowest BCUT2D eigenvalue weighted by molar-refractivity contribution is -0.384. The maximum atomic E-state index is 12.9. The number of nitro groups is 1. The van der Waals surface area contributed by atoms with Crippen LogP contribution in [0.3, 0.4) is 0 Å². The molecule has 28 heavy (non-hydrogen) atoms. The summed E-state index contributed by atoms with van der Waals surface area (Å²) >= 11 is 0. The summed E-state index contributed by atoms with van der Waals surface area (Å²) in [6.45, 7) is 2.60. The topological polar surface area (TPSA) is 72.7 Å². The molecule has 1 fully saturated rings. The van der Waals surface area contributed by atoms with Gasteiger partial charge in [-0.1, -0.05) is 24.3 Å². The summed E-state index contributed by atoms with van der Waals surface area (Å²) in [4.78, 5) is 25.3. The van der Waals surface area contributed by atoms with E-state index in [2.05, 4.69) is 6.92 Å². The predicted octanol–water partition coefficient (Wildman–Crippen LogP) is 4.44. The van der Waals surface area contributed by atoms with Crippen molar-refractivity contribution in [3.05, 3.63) is 75.8 Å². The van der Waals surface area contributed by atoms with Crippen molar-refractivity contribution >= 4 is 17.7 Å². The van der Waals surface area contributed by atoms with E-state index < -0.39 is 4.92 Å². The van der Waals surface area contributed by atoms with Crippen molar-refractivity contribution in [1.29, 1.82) is 0 Å². The lowest BCUT2D eigenvalue weighted by Crippen LogP contribution is -2.38. The number of amides is 1. The maximum absolute atomic E-state index is 12.9. The zero-order valence-electron chi connectivity index (χ0n) is 16.1. The molecule has 6 nitrogen and oxygen atoms in total. The number of nitrogens with zero attached hydrogens (tertiary/aromatic N) is 2. The molecule has 1 atom stereocenters. The molecular formula is C22H24N2O4. The van der Waals surface area contributed by atoms with Crippen molar-refractivity contribution in [2.24, 2.45) is 5.92 Å². The number of benzene rings is 2. The molecule has 2 aromatic carbocycles. The Morgan fingerprint density at radius 2 is 2.00 bits per heavy atom. The smallest absolute Gasteiger partial charge is 0.270 e. The van der Waals surface area contributed by atoms with Crippen LogP contribution >= 0.6 is 0 Å². The van der Waals surface area contributed by atoms with Crippen molar-refractivity contribution in [1.82, 2.24) is 4.90 Å². The molecule has 1 aliphatic carbocycles. The Bertz CT molecular complexity index is 872. The second kappa shape index (κ2) is 8.69. The van der Waals surface area contributed by atoms with Crippen LogP contribution in [0.2, 0.25) is 0 Å². The number of ether oxygens (including phenoxy) is 1. The molecule has 0 N–H and O–H groups in total. The Morgan fingerprint density at radius 1 is 1.29 bits per heavy atom. The third kappa shape index (κ3) is 4.97. The molecule has 0 aromatic heterocycles. The standard InChI is InChI=1S/C22H24N2O4/c1-16(19-9-10-19)23(15-18-6-11-21(28-2)12-7-18)22(25)13-8-17-4-3-5-20(14-17)24(26)27/h3-8,11-14,16,19H,9-10,15H2,1-2H3/b13-8+/t16-/m1/s1. The molecule has 0 bridgehead atoms. The van der Waals surface area contributed by atoms with Gasteiger partial charge in [0.2, 0.25) is 5.91 Å². The van der Waals surface area contributed by atoms with Crippen LogP contribution in [-0.4, -0.2) is 28.9 Å². The summed E-state index contributed by atoms with van der Waals surface area (Å²) in [6.07, 6.45) is 5.42. The van der Waals surface area contributed by atoms with Crippen LogP contribution in [0.5, 0.6) is 5.75 Å². The van der Waals surface area contributed by atoms with Crippen LogP contribution in [0.15, 0.2) is 54.6 Å². The van der Waals surface area contributed by atoms with E-state index >= 15 is 0 Å². The fourth-order valence-electron chi connectivity index (χ4n) is 3.19. The third-order valence-electron chi connectivity index (χ3n) is 5.09. The number of hydrogen-bond donors (Lipinski definition) is 0. The Hall–Kier alpha value is -3.15. The zero-order chi connectivity index (χ0) is 20.1. The van der Waals surface area contributed by atoms with Gasteiger partial charge in [0, 0.05) is 30.8 Å². The van der Waals surface area contributed by atoms with Crippen molar-refractivity contribution < 1.29 is 14.5 Å². The molecule has 0 aliphatic heterocycles. The first-order valence-electron chi connectivity index (χ1n) is 9.34. The van der Waals surface area contributed by atoms with E-state index in [1.165, 1.54) is 18.2 Å². The number of carbonyl (C=O) groups is 1. The molecule has 0 spiro atoms. The first kappa shape index (κ1) is 19.6. The minimum Gasteiger partial charge on any atom is -0.497 e. The highest BCUT2D eigenvalue weighted by Crippen LogP contribution is 2.36. The van der Waals surface area contributed by atoms with E-state index in [1.807, 2.05) is 29.2 Å². The molecule has 0 heterocycles. The molecule has 0 radical (unpaired) electrons.